The second-order valence-corrected chi connectivity index (χ2v) is 6.14. The van der Waals surface area contributed by atoms with Gasteiger partial charge in [0, 0.05) is 30.6 Å². The predicted molar refractivity (Wildman–Crippen MR) is 97.2 cm³/mol. The molecule has 6 heteroatoms. The Morgan fingerprint density at radius 3 is 2.62 bits per heavy atom. The Kier molecular flexibility index (Phi) is 5.31. The third kappa shape index (κ3) is 4.27. The number of carbonyl (C=O) groups is 3. The first-order valence-electron chi connectivity index (χ1n) is 8.41. The predicted octanol–water partition coefficient (Wildman–Crippen LogP) is 2.47. The summed E-state index contributed by atoms with van der Waals surface area (Å²) in [5.41, 5.74) is 3.07. The van der Waals surface area contributed by atoms with E-state index >= 15 is 0 Å². The monoisotopic (exact) mass is 352 g/mol. The fourth-order valence-corrected chi connectivity index (χ4v) is 2.81. The molecular weight excluding hydrogens is 332 g/mol. The minimum Gasteiger partial charge on any atom is -0.497 e. The van der Waals surface area contributed by atoms with Gasteiger partial charge in [0.25, 0.3) is 0 Å². The van der Waals surface area contributed by atoms with Gasteiger partial charge in [-0.25, -0.2) is 0 Å². The van der Waals surface area contributed by atoms with Crippen molar-refractivity contribution in [2.45, 2.75) is 25.8 Å². The number of fused-ring (bicyclic) bond motifs is 1. The van der Waals surface area contributed by atoms with E-state index in [1.807, 2.05) is 24.3 Å². The largest absolute Gasteiger partial charge is 0.497 e. The highest BCUT2D eigenvalue weighted by Gasteiger charge is 2.19. The van der Waals surface area contributed by atoms with Crippen molar-refractivity contribution in [3.05, 3.63) is 59.2 Å². The topological polar surface area (TPSA) is 84.5 Å². The van der Waals surface area contributed by atoms with Crippen molar-refractivity contribution in [2.24, 2.45) is 0 Å². The molecule has 1 heterocycles. The van der Waals surface area contributed by atoms with E-state index in [-0.39, 0.29) is 30.4 Å². The second-order valence-electron chi connectivity index (χ2n) is 6.14. The summed E-state index contributed by atoms with van der Waals surface area (Å²) in [4.78, 5) is 35.6. The first kappa shape index (κ1) is 17.7. The van der Waals surface area contributed by atoms with Gasteiger partial charge in [-0.1, -0.05) is 12.1 Å². The average Bonchev–Trinajstić information content (AvgIpc) is 3.03. The van der Waals surface area contributed by atoms with Crippen LogP contribution in [0.25, 0.3) is 0 Å². The van der Waals surface area contributed by atoms with Gasteiger partial charge in [0.1, 0.15) is 5.75 Å². The van der Waals surface area contributed by atoms with Crippen molar-refractivity contribution in [3.8, 4) is 5.75 Å². The third-order valence-electron chi connectivity index (χ3n) is 4.28. The van der Waals surface area contributed by atoms with Crippen molar-refractivity contribution in [1.29, 1.82) is 0 Å². The molecule has 0 fully saturated rings. The Hall–Kier alpha value is -3.15. The minimum atomic E-state index is -0.174. The van der Waals surface area contributed by atoms with Crippen LogP contribution in [0.4, 0.5) is 5.69 Å². The summed E-state index contributed by atoms with van der Waals surface area (Å²) < 4.78 is 5.09. The highest BCUT2D eigenvalue weighted by Crippen LogP contribution is 2.24. The Morgan fingerprint density at radius 2 is 1.88 bits per heavy atom. The van der Waals surface area contributed by atoms with E-state index in [0.717, 1.165) is 22.6 Å². The van der Waals surface area contributed by atoms with Crippen LogP contribution in [0.2, 0.25) is 0 Å². The lowest BCUT2D eigenvalue weighted by molar-refractivity contribution is -0.121. The van der Waals surface area contributed by atoms with E-state index in [9.17, 15) is 14.4 Å². The fourth-order valence-electron chi connectivity index (χ4n) is 2.81. The van der Waals surface area contributed by atoms with Crippen LogP contribution >= 0.6 is 0 Å². The van der Waals surface area contributed by atoms with Gasteiger partial charge in [0.05, 0.1) is 13.5 Å². The molecule has 26 heavy (non-hydrogen) atoms. The summed E-state index contributed by atoms with van der Waals surface area (Å²) in [5.74, 6) is 0.415. The summed E-state index contributed by atoms with van der Waals surface area (Å²) in [6.45, 7) is 0.406. The molecule has 2 aromatic rings. The molecule has 0 unspecified atom stereocenters. The first-order chi connectivity index (χ1) is 12.5. The average molecular weight is 352 g/mol. The number of carbonyl (C=O) groups excluding carboxylic acids is 3. The summed E-state index contributed by atoms with van der Waals surface area (Å²) >= 11 is 0. The fraction of sp³-hybridized carbons (Fsp3) is 0.250. The number of ketones is 1. The van der Waals surface area contributed by atoms with E-state index in [2.05, 4.69) is 10.6 Å². The van der Waals surface area contributed by atoms with Crippen molar-refractivity contribution in [3.63, 3.8) is 0 Å². The number of amides is 2. The lowest BCUT2D eigenvalue weighted by Gasteiger charge is -2.07. The van der Waals surface area contributed by atoms with Gasteiger partial charge in [-0.15, -0.1) is 0 Å². The molecule has 0 aromatic heterocycles. The maximum Gasteiger partial charge on any atom is 0.228 e. The number of hydrogen-bond donors (Lipinski definition) is 2. The quantitative estimate of drug-likeness (QED) is 0.750. The molecular formula is C20H20N2O4. The standard InChI is InChI=1S/C20H20N2O4/c1-26-16-5-2-13(3-6-16)12-21-19(24)9-8-18(23)14-4-7-17-15(10-14)11-20(25)22-17/h2-7,10H,8-9,11-12H2,1H3,(H,21,24)(H,22,25). The van der Waals surface area contributed by atoms with Crippen LogP contribution in [0.1, 0.15) is 34.3 Å². The van der Waals surface area contributed by atoms with E-state index in [4.69, 9.17) is 4.74 Å². The van der Waals surface area contributed by atoms with E-state index in [1.165, 1.54) is 0 Å². The van der Waals surface area contributed by atoms with Crippen LogP contribution in [0.3, 0.4) is 0 Å². The van der Waals surface area contributed by atoms with Crippen LogP contribution in [0.5, 0.6) is 5.75 Å². The molecule has 6 nitrogen and oxygen atoms in total. The van der Waals surface area contributed by atoms with Crippen molar-refractivity contribution in [2.75, 3.05) is 12.4 Å². The number of methoxy groups -OCH3 is 1. The molecule has 0 spiro atoms. The Bertz CT molecular complexity index is 843. The zero-order chi connectivity index (χ0) is 18.5. The Labute approximate surface area is 151 Å². The van der Waals surface area contributed by atoms with Crippen molar-refractivity contribution >= 4 is 23.3 Å². The van der Waals surface area contributed by atoms with Crippen LogP contribution in [0, 0.1) is 0 Å². The van der Waals surface area contributed by atoms with Gasteiger partial charge in [-0.05, 0) is 41.5 Å². The number of nitrogens with one attached hydrogen (secondary N) is 2. The highest BCUT2D eigenvalue weighted by molar-refractivity contribution is 6.02. The second kappa shape index (κ2) is 7.82. The molecule has 0 radical (unpaired) electrons. The lowest BCUT2D eigenvalue weighted by atomic mass is 10.0. The summed E-state index contributed by atoms with van der Waals surface area (Å²) in [6.07, 6.45) is 0.552. The van der Waals surface area contributed by atoms with Crippen LogP contribution < -0.4 is 15.4 Å². The maximum atomic E-state index is 12.3. The molecule has 0 aliphatic carbocycles. The van der Waals surface area contributed by atoms with E-state index in [1.54, 1.807) is 25.3 Å². The number of rotatable bonds is 7. The molecule has 1 aliphatic rings. The molecule has 0 atom stereocenters. The number of hydrogen-bond acceptors (Lipinski definition) is 4. The number of benzene rings is 2. The van der Waals surface area contributed by atoms with Gasteiger partial charge in [0.2, 0.25) is 11.8 Å². The number of ether oxygens (including phenoxy) is 1. The molecule has 0 saturated carbocycles. The first-order valence-corrected chi connectivity index (χ1v) is 8.41. The number of anilines is 1. The maximum absolute atomic E-state index is 12.3. The SMILES string of the molecule is COc1ccc(CNC(=O)CCC(=O)c2ccc3c(c2)CC(=O)N3)cc1. The normalized spacial score (nSPS) is 12.3. The number of Topliss-reactive ketones (excluding diaryl/α,β-unsaturated/α-hetero) is 1. The van der Waals surface area contributed by atoms with Crippen molar-refractivity contribution < 1.29 is 19.1 Å². The van der Waals surface area contributed by atoms with Crippen LogP contribution in [0.15, 0.2) is 42.5 Å². The van der Waals surface area contributed by atoms with Crippen LogP contribution in [-0.2, 0) is 22.6 Å². The van der Waals surface area contributed by atoms with Gasteiger partial charge in [-0.2, -0.15) is 0 Å². The van der Waals surface area contributed by atoms with Gasteiger partial charge >= 0.3 is 0 Å². The molecule has 0 bridgehead atoms. The van der Waals surface area contributed by atoms with Crippen LogP contribution in [-0.4, -0.2) is 24.7 Å². The van der Waals surface area contributed by atoms with Gasteiger partial charge in [-0.3, -0.25) is 14.4 Å². The molecule has 0 saturated heterocycles. The molecule has 2 N–H and O–H groups in total. The van der Waals surface area contributed by atoms with Gasteiger partial charge in [0.15, 0.2) is 5.78 Å². The summed E-state index contributed by atoms with van der Waals surface area (Å²) in [5, 5.41) is 5.54. The summed E-state index contributed by atoms with van der Waals surface area (Å²) in [7, 11) is 1.60. The minimum absolute atomic E-state index is 0.0671. The zero-order valence-electron chi connectivity index (χ0n) is 14.5. The third-order valence-corrected chi connectivity index (χ3v) is 4.28. The molecule has 3 rings (SSSR count). The van der Waals surface area contributed by atoms with Gasteiger partial charge < -0.3 is 15.4 Å². The summed E-state index contributed by atoms with van der Waals surface area (Å²) in [6, 6.07) is 12.6. The Balaban J connectivity index is 1.47. The lowest BCUT2D eigenvalue weighted by Crippen LogP contribution is -2.23. The zero-order valence-corrected chi connectivity index (χ0v) is 14.5. The molecule has 2 aromatic carbocycles. The Morgan fingerprint density at radius 1 is 1.12 bits per heavy atom. The highest BCUT2D eigenvalue weighted by atomic mass is 16.5. The smallest absolute Gasteiger partial charge is 0.228 e. The van der Waals surface area contributed by atoms with Crippen molar-refractivity contribution in [1.82, 2.24) is 5.32 Å². The van der Waals surface area contributed by atoms with E-state index < -0.39 is 0 Å². The van der Waals surface area contributed by atoms with E-state index in [0.29, 0.717) is 18.5 Å². The molecule has 134 valence electrons. The molecule has 1 aliphatic heterocycles. The molecule has 2 amide bonds.